The van der Waals surface area contributed by atoms with E-state index in [1.165, 1.54) is 18.9 Å². The van der Waals surface area contributed by atoms with E-state index in [-0.39, 0.29) is 80.4 Å². The number of aromatic nitrogens is 2. The number of aliphatic hydroxyl groups is 3. The van der Waals surface area contributed by atoms with Crippen molar-refractivity contribution in [2.45, 2.75) is 219 Å². The number of piperazine rings is 2. The number of ether oxygens (including phenoxy) is 7. The van der Waals surface area contributed by atoms with Crippen molar-refractivity contribution in [2.24, 2.45) is 35.5 Å². The summed E-state index contributed by atoms with van der Waals surface area (Å²) in [6.45, 7) is 20.8. The maximum atomic E-state index is 14.8. The average molecular weight is 1420 g/mol. The average Bonchev–Trinajstić information content (AvgIpc) is 0.764. The lowest BCUT2D eigenvalue weighted by molar-refractivity contribution is -0.265. The summed E-state index contributed by atoms with van der Waals surface area (Å²) in [5.41, 5.74) is 1.92. The number of fused-ring (bicyclic) bond motifs is 3. The normalized spacial score (nSPS) is 32.8. The van der Waals surface area contributed by atoms with Crippen LogP contribution in [0.1, 0.15) is 157 Å². The predicted octanol–water partition coefficient (Wildman–Crippen LogP) is 6.27. The van der Waals surface area contributed by atoms with Gasteiger partial charge in [-0.3, -0.25) is 28.9 Å². The minimum Gasteiger partial charge on any atom is -0.460 e. The zero-order valence-electron chi connectivity index (χ0n) is 61.7. The predicted molar refractivity (Wildman–Crippen MR) is 376 cm³/mol. The second-order valence-corrected chi connectivity index (χ2v) is 29.1. The van der Waals surface area contributed by atoms with Gasteiger partial charge in [-0.2, -0.15) is 0 Å². The van der Waals surface area contributed by atoms with E-state index in [2.05, 4.69) is 20.2 Å². The van der Waals surface area contributed by atoms with Crippen LogP contribution in [0.5, 0.6) is 0 Å². The molecule has 4 saturated heterocycles. The Labute approximate surface area is 597 Å². The van der Waals surface area contributed by atoms with Gasteiger partial charge in [0.15, 0.2) is 5.78 Å². The van der Waals surface area contributed by atoms with Crippen molar-refractivity contribution < 1.29 is 86.8 Å². The number of rotatable bonds is 19. The fraction of sp³-hybridized carbons (Fsp3) is 0.733. The number of nitrogens with one attached hydrogen (secondary N) is 1. The second-order valence-electron chi connectivity index (χ2n) is 29.1. The van der Waals surface area contributed by atoms with Gasteiger partial charge in [0.1, 0.15) is 36.2 Å². The molecule has 4 N–H and O–H groups in total. The number of piperidine rings is 1. The first-order chi connectivity index (χ1) is 48.2. The Morgan fingerprint density at radius 2 is 1.44 bits per heavy atom. The number of cyclic esters (lactones) is 1. The van der Waals surface area contributed by atoms with E-state index in [0.29, 0.717) is 140 Å². The molecule has 1 saturated carbocycles. The molecule has 6 aliphatic rings. The van der Waals surface area contributed by atoms with Crippen LogP contribution in [-0.2, 0) is 73.3 Å². The first-order valence-corrected chi connectivity index (χ1v) is 36.7. The van der Waals surface area contributed by atoms with Crippen molar-refractivity contribution in [1.29, 1.82) is 0 Å². The van der Waals surface area contributed by atoms with Gasteiger partial charge in [-0.15, -0.1) is 0 Å². The molecular formula is C75H116N8O18. The van der Waals surface area contributed by atoms with Gasteiger partial charge in [0.25, 0.3) is 11.7 Å². The molecule has 0 aromatic carbocycles. The van der Waals surface area contributed by atoms with Crippen molar-refractivity contribution in [3.63, 3.8) is 0 Å². The number of methoxy groups -OCH3 is 3. The van der Waals surface area contributed by atoms with Crippen LogP contribution >= 0.6 is 0 Å². The number of allylic oxidation sites excluding steroid dienone is 5. The summed E-state index contributed by atoms with van der Waals surface area (Å²) >= 11 is 0. The van der Waals surface area contributed by atoms with Gasteiger partial charge in [0.05, 0.1) is 44.1 Å². The number of hydrogen-bond acceptors (Lipinski definition) is 22. The van der Waals surface area contributed by atoms with Crippen LogP contribution in [0.4, 0.5) is 10.7 Å². The molecule has 2 bridgehead atoms. The first kappa shape index (κ1) is 81.9. The molecule has 4 amide bonds. The molecule has 0 spiro atoms. The highest BCUT2D eigenvalue weighted by atomic mass is 16.6. The summed E-state index contributed by atoms with van der Waals surface area (Å²) in [6.07, 6.45) is 12.9. The molecule has 564 valence electrons. The molecule has 26 heteroatoms. The van der Waals surface area contributed by atoms with Crippen LogP contribution < -0.4 is 10.2 Å². The Hall–Kier alpha value is -6.36. The van der Waals surface area contributed by atoms with Crippen LogP contribution in [0.3, 0.4) is 0 Å². The third kappa shape index (κ3) is 23.8. The van der Waals surface area contributed by atoms with Crippen molar-refractivity contribution >= 4 is 53.1 Å². The standard InChI is InChI=1S/C75H116N8O18/c1-48-17-13-12-14-18-49(2)62(95-9)43-58-23-20-54(7)75(94,101-58)70(90)71(91)83-27-16-15-19-59(83)72(92)99-63(44-60(85)50(3)40-53(6)68(89)69(97-11)67(88)52(5)39-48)51(4)41-56-22-24-61(64(42-56)96-10)100-74(93)78-47-57-45-76-73(77-46-57)82-34-32-81(33-35-82)66(87)26-37-98-38-36-79-28-30-80(31-29-79)65(86)25-21-55(8)84/h12-14,17-18,40,45-46,48,50-52,54,56,58-64,68-69,85,89,94H,15-16,19-39,41-44,47H2,1-11H3,(H,78,93)/b14-12+,17-13+,49-18+,53-40+/t48-,50-,51-,52-,54-,56+,58+,59+,60-,61-,62+,63+,64-,68-,69+,75-/m1/s1. The number of ketones is 3. The zero-order chi connectivity index (χ0) is 73.5. The van der Waals surface area contributed by atoms with Gasteiger partial charge < -0.3 is 78.2 Å². The molecule has 0 radical (unpaired) electrons. The summed E-state index contributed by atoms with van der Waals surface area (Å²) in [4.78, 5) is 126. The minimum atomic E-state index is -2.47. The van der Waals surface area contributed by atoms with Crippen LogP contribution in [0.2, 0.25) is 0 Å². The largest absolute Gasteiger partial charge is 0.460 e. The Morgan fingerprint density at radius 1 is 0.743 bits per heavy atom. The summed E-state index contributed by atoms with van der Waals surface area (Å²) in [6, 6.07) is -1.18. The number of alkyl carbamates (subject to hydrolysis) is 1. The summed E-state index contributed by atoms with van der Waals surface area (Å²) < 4.78 is 42.0. The van der Waals surface area contributed by atoms with E-state index in [1.54, 1.807) is 53.5 Å². The van der Waals surface area contributed by atoms with E-state index >= 15 is 0 Å². The summed E-state index contributed by atoms with van der Waals surface area (Å²) in [7, 11) is 4.52. The number of carbonyl (C=O) groups is 8. The van der Waals surface area contributed by atoms with Gasteiger partial charge in [-0.25, -0.2) is 19.6 Å². The Kier molecular flexibility index (Phi) is 32.5. The fourth-order valence-electron chi connectivity index (χ4n) is 14.8. The van der Waals surface area contributed by atoms with Gasteiger partial charge >= 0.3 is 12.1 Å². The Bertz CT molecular complexity index is 3020. The third-order valence-electron chi connectivity index (χ3n) is 21.4. The van der Waals surface area contributed by atoms with Crippen molar-refractivity contribution in [1.82, 2.24) is 34.9 Å². The molecule has 1 aliphatic carbocycles. The number of esters is 1. The van der Waals surface area contributed by atoms with E-state index in [0.717, 1.165) is 18.7 Å². The highest BCUT2D eigenvalue weighted by molar-refractivity contribution is 6.39. The van der Waals surface area contributed by atoms with E-state index in [1.807, 2.05) is 72.8 Å². The molecule has 7 rings (SSSR count). The number of anilines is 1. The number of carbonyl (C=O) groups excluding carboxylic acids is 8. The lowest BCUT2D eigenvalue weighted by atomic mass is 9.78. The quantitative estimate of drug-likeness (QED) is 0.0513. The highest BCUT2D eigenvalue weighted by Gasteiger charge is 2.53. The number of Topliss-reactive ketones (excluding diaryl/α,β-unsaturated/α-hetero) is 3. The molecule has 1 aromatic heterocycles. The molecule has 5 fully saturated rings. The minimum absolute atomic E-state index is 0.00667. The maximum Gasteiger partial charge on any atom is 0.407 e. The van der Waals surface area contributed by atoms with E-state index in [9.17, 15) is 53.7 Å². The smallest absolute Gasteiger partial charge is 0.407 e. The lowest BCUT2D eigenvalue weighted by Crippen LogP contribution is -2.61. The van der Waals surface area contributed by atoms with Gasteiger partial charge in [0.2, 0.25) is 23.5 Å². The van der Waals surface area contributed by atoms with Crippen LogP contribution in [-0.4, -0.2) is 253 Å². The molecule has 6 heterocycles. The van der Waals surface area contributed by atoms with Gasteiger partial charge in [-0.05, 0) is 114 Å². The number of aliphatic hydroxyl groups excluding tert-OH is 2. The SMILES string of the molecule is CO[C@H]1C[C@@H]2CC[C@@H](C)[C@@](O)(O2)C(=O)C(=O)N2CCCC[C@H]2C(=O)O[C@H]([C@H](C)C[C@@H]2CC[C@@H](OC(=O)NCc3cnc(N4CCN(C(=O)CCOCCN5CCN(C(=O)CCC(C)=O)CC5)CC4)nc3)[C@H](OC)C2)C[C@@H](O)[C@H](C)/C=C(\C)[C@@H](O)[C@@H](OC)C(=O)[C@H](C)C[C@H](C)/C=C/C=C/C=C/1C. The number of hydrogen-bond donors (Lipinski definition) is 4. The van der Waals surface area contributed by atoms with Crippen LogP contribution in [0, 0.1) is 35.5 Å². The molecule has 0 unspecified atom stereocenters. The number of nitrogens with zero attached hydrogens (tertiary/aromatic N) is 7. The molecule has 16 atom stereocenters. The van der Waals surface area contributed by atoms with E-state index < -0.39 is 108 Å². The van der Waals surface area contributed by atoms with Gasteiger partial charge in [0, 0.05) is 155 Å². The summed E-state index contributed by atoms with van der Waals surface area (Å²) in [5.74, 6) is -7.38. The van der Waals surface area contributed by atoms with Crippen LogP contribution in [0.25, 0.3) is 0 Å². The van der Waals surface area contributed by atoms with Crippen molar-refractivity contribution in [3.8, 4) is 0 Å². The maximum absolute atomic E-state index is 14.8. The molecule has 101 heavy (non-hydrogen) atoms. The molecule has 1 aromatic rings. The first-order valence-electron chi connectivity index (χ1n) is 36.7. The zero-order valence-corrected chi connectivity index (χ0v) is 61.7. The second kappa shape index (κ2) is 40.1. The van der Waals surface area contributed by atoms with E-state index in [4.69, 9.17) is 33.2 Å². The molecule has 26 nitrogen and oxygen atoms in total. The third-order valence-corrected chi connectivity index (χ3v) is 21.4. The fourth-order valence-corrected chi connectivity index (χ4v) is 14.8. The number of amides is 4. The van der Waals surface area contributed by atoms with Crippen molar-refractivity contribution in [3.05, 3.63) is 65.6 Å². The van der Waals surface area contributed by atoms with Crippen LogP contribution in [0.15, 0.2) is 60.0 Å². The summed E-state index contributed by atoms with van der Waals surface area (Å²) in [5, 5.41) is 38.7. The lowest BCUT2D eigenvalue weighted by Gasteiger charge is -2.43. The monoisotopic (exact) mass is 1420 g/mol. The van der Waals surface area contributed by atoms with Crippen molar-refractivity contribution in [2.75, 3.05) is 105 Å². The Morgan fingerprint density at radius 3 is 2.11 bits per heavy atom. The molecule has 5 aliphatic heterocycles. The Balaban J connectivity index is 0.938. The topological polar surface area (TPSA) is 316 Å². The van der Waals surface area contributed by atoms with Gasteiger partial charge in [-0.1, -0.05) is 71.1 Å². The molecular weight excluding hydrogens is 1300 g/mol. The highest BCUT2D eigenvalue weighted by Crippen LogP contribution is 2.39.